The van der Waals surface area contributed by atoms with E-state index in [2.05, 4.69) is 32.4 Å². The van der Waals surface area contributed by atoms with Gasteiger partial charge in [0.25, 0.3) is 0 Å². The highest BCUT2D eigenvalue weighted by Gasteiger charge is 2.14. The van der Waals surface area contributed by atoms with Crippen molar-refractivity contribution in [2.24, 2.45) is 5.73 Å². The molecule has 0 saturated heterocycles. The number of nitrogens with one attached hydrogen (secondary N) is 3. The van der Waals surface area contributed by atoms with Crippen molar-refractivity contribution in [2.75, 3.05) is 6.54 Å². The van der Waals surface area contributed by atoms with E-state index < -0.39 is 6.04 Å². The van der Waals surface area contributed by atoms with Gasteiger partial charge in [-0.1, -0.05) is 18.2 Å². The summed E-state index contributed by atoms with van der Waals surface area (Å²) in [5.41, 5.74) is 8.95. The van der Waals surface area contributed by atoms with Gasteiger partial charge in [-0.15, -0.1) is 0 Å². The topological polar surface area (TPSA) is 99.6 Å². The number of benzene rings is 1. The van der Waals surface area contributed by atoms with Gasteiger partial charge in [-0.25, -0.2) is 4.98 Å². The third-order valence-electron chi connectivity index (χ3n) is 3.61. The van der Waals surface area contributed by atoms with Gasteiger partial charge in [0.2, 0.25) is 5.91 Å². The van der Waals surface area contributed by atoms with E-state index in [9.17, 15) is 4.79 Å². The minimum Gasteiger partial charge on any atom is -0.358 e. The Hall–Kier alpha value is -2.60. The fourth-order valence-electron chi connectivity index (χ4n) is 2.45. The Bertz CT molecular complexity index is 714. The number of aromatic nitrogens is 3. The van der Waals surface area contributed by atoms with Gasteiger partial charge in [0.15, 0.2) is 0 Å². The van der Waals surface area contributed by atoms with Crippen LogP contribution in [0.5, 0.6) is 0 Å². The van der Waals surface area contributed by atoms with Crippen molar-refractivity contribution in [3.63, 3.8) is 0 Å². The first-order valence-electron chi connectivity index (χ1n) is 7.29. The van der Waals surface area contributed by atoms with E-state index in [1.54, 1.807) is 12.5 Å². The van der Waals surface area contributed by atoms with Crippen LogP contribution in [0.2, 0.25) is 0 Å². The van der Waals surface area contributed by atoms with Gasteiger partial charge in [-0.2, -0.15) is 0 Å². The first-order chi connectivity index (χ1) is 10.7. The Morgan fingerprint density at radius 1 is 1.32 bits per heavy atom. The molecule has 3 rings (SSSR count). The number of hydrogen-bond acceptors (Lipinski definition) is 3. The van der Waals surface area contributed by atoms with Gasteiger partial charge in [0, 0.05) is 42.5 Å². The maximum Gasteiger partial charge on any atom is 0.237 e. The summed E-state index contributed by atoms with van der Waals surface area (Å²) >= 11 is 0. The molecule has 0 aliphatic carbocycles. The van der Waals surface area contributed by atoms with Crippen LogP contribution in [0.1, 0.15) is 11.4 Å². The second-order valence-electron chi connectivity index (χ2n) is 5.31. The number of aromatic amines is 2. The Morgan fingerprint density at radius 2 is 2.18 bits per heavy atom. The lowest BCUT2D eigenvalue weighted by molar-refractivity contribution is -0.122. The summed E-state index contributed by atoms with van der Waals surface area (Å²) in [6, 6.07) is 9.65. The van der Waals surface area contributed by atoms with Crippen molar-refractivity contribution in [3.8, 4) is 0 Å². The molecule has 2 heterocycles. The van der Waals surface area contributed by atoms with Gasteiger partial charge in [-0.05, 0) is 17.5 Å². The molecule has 0 saturated carbocycles. The predicted octanol–water partition coefficient (Wildman–Crippen LogP) is 1.12. The number of amides is 1. The molecule has 5 N–H and O–H groups in total. The zero-order valence-electron chi connectivity index (χ0n) is 12.2. The molecule has 3 aromatic rings. The summed E-state index contributed by atoms with van der Waals surface area (Å²) in [5.74, 6) is -0.147. The van der Waals surface area contributed by atoms with Crippen LogP contribution in [0.15, 0.2) is 42.9 Å². The lowest BCUT2D eigenvalue weighted by Gasteiger charge is -2.10. The number of rotatable bonds is 6. The van der Waals surface area contributed by atoms with E-state index in [1.165, 1.54) is 5.39 Å². The number of H-pyrrole nitrogens is 2. The Labute approximate surface area is 128 Å². The first-order valence-corrected chi connectivity index (χ1v) is 7.29. The predicted molar refractivity (Wildman–Crippen MR) is 85.3 cm³/mol. The number of para-hydroxylation sites is 1. The van der Waals surface area contributed by atoms with Crippen LogP contribution in [0, 0.1) is 0 Å². The van der Waals surface area contributed by atoms with Gasteiger partial charge in [0.1, 0.15) is 0 Å². The average Bonchev–Trinajstić information content (AvgIpc) is 3.15. The lowest BCUT2D eigenvalue weighted by atomic mass is 10.1. The number of carbonyl (C=O) groups excluding carboxylic acids is 1. The molecule has 2 aromatic heterocycles. The molecule has 0 aliphatic rings. The molecule has 114 valence electrons. The number of fused-ring (bicyclic) bond motifs is 1. The molecule has 1 aromatic carbocycles. The van der Waals surface area contributed by atoms with E-state index in [4.69, 9.17) is 5.73 Å². The Kier molecular flexibility index (Phi) is 4.20. The molecule has 0 bridgehead atoms. The largest absolute Gasteiger partial charge is 0.358 e. The van der Waals surface area contributed by atoms with Crippen LogP contribution in [-0.4, -0.2) is 33.4 Å². The average molecular weight is 297 g/mol. The van der Waals surface area contributed by atoms with Gasteiger partial charge in [0.05, 0.1) is 12.4 Å². The number of carbonyl (C=O) groups is 1. The Balaban J connectivity index is 1.48. The molecule has 1 atom stereocenters. The molecule has 22 heavy (non-hydrogen) atoms. The van der Waals surface area contributed by atoms with E-state index in [0.717, 1.165) is 23.3 Å². The minimum absolute atomic E-state index is 0.147. The second kappa shape index (κ2) is 6.44. The molecule has 6 nitrogen and oxygen atoms in total. The van der Waals surface area contributed by atoms with Crippen molar-refractivity contribution < 1.29 is 4.79 Å². The van der Waals surface area contributed by atoms with Crippen LogP contribution >= 0.6 is 0 Å². The highest BCUT2D eigenvalue weighted by atomic mass is 16.2. The molecular formula is C16H19N5O. The van der Waals surface area contributed by atoms with Crippen LogP contribution in [-0.2, 0) is 17.6 Å². The number of hydrogen-bond donors (Lipinski definition) is 4. The summed E-state index contributed by atoms with van der Waals surface area (Å²) in [4.78, 5) is 22.1. The highest BCUT2D eigenvalue weighted by Crippen LogP contribution is 2.14. The third-order valence-corrected chi connectivity index (χ3v) is 3.61. The second-order valence-corrected chi connectivity index (χ2v) is 5.31. The smallest absolute Gasteiger partial charge is 0.237 e. The maximum absolute atomic E-state index is 12.0. The van der Waals surface area contributed by atoms with Gasteiger partial charge >= 0.3 is 0 Å². The summed E-state index contributed by atoms with van der Waals surface area (Å²) in [6.45, 7) is 0.558. The first kappa shape index (κ1) is 14.3. The van der Waals surface area contributed by atoms with Crippen molar-refractivity contribution in [3.05, 3.63) is 54.2 Å². The molecule has 1 amide bonds. The van der Waals surface area contributed by atoms with E-state index in [0.29, 0.717) is 13.0 Å². The monoisotopic (exact) mass is 297 g/mol. The zero-order chi connectivity index (χ0) is 15.4. The van der Waals surface area contributed by atoms with Gasteiger partial charge in [-0.3, -0.25) is 4.79 Å². The summed E-state index contributed by atoms with van der Waals surface area (Å²) in [6.07, 6.45) is 4.46. The molecule has 0 fully saturated rings. The summed E-state index contributed by atoms with van der Waals surface area (Å²) in [5, 5.41) is 4.05. The zero-order valence-corrected chi connectivity index (χ0v) is 12.2. The lowest BCUT2D eigenvalue weighted by Crippen LogP contribution is -2.42. The molecule has 0 spiro atoms. The van der Waals surface area contributed by atoms with Crippen molar-refractivity contribution >= 4 is 16.8 Å². The normalized spacial score (nSPS) is 12.4. The summed E-state index contributed by atoms with van der Waals surface area (Å²) in [7, 11) is 0. The Morgan fingerprint density at radius 3 is 2.95 bits per heavy atom. The van der Waals surface area contributed by atoms with Crippen LogP contribution in [0.3, 0.4) is 0 Å². The van der Waals surface area contributed by atoms with Crippen LogP contribution < -0.4 is 11.1 Å². The van der Waals surface area contributed by atoms with Crippen LogP contribution in [0.4, 0.5) is 0 Å². The van der Waals surface area contributed by atoms with E-state index in [-0.39, 0.29) is 5.91 Å². The fraction of sp³-hybridized carbons (Fsp3) is 0.250. The molecule has 0 unspecified atom stereocenters. The molecular weight excluding hydrogens is 278 g/mol. The van der Waals surface area contributed by atoms with Crippen LogP contribution in [0.25, 0.3) is 10.9 Å². The third kappa shape index (κ3) is 3.35. The maximum atomic E-state index is 12.0. The standard InChI is InChI=1S/C16H19N5O/c17-14(8-13-9-18-10-20-13)16(22)19-6-5-12-7-11-3-1-2-4-15(11)21-12/h1-4,7,9-10,14,21H,5-6,8,17H2,(H,18,20)(H,19,22)/t14-/m1/s1. The van der Waals surface area contributed by atoms with Crippen molar-refractivity contribution in [2.45, 2.75) is 18.9 Å². The number of imidazole rings is 1. The fourth-order valence-corrected chi connectivity index (χ4v) is 2.45. The van der Waals surface area contributed by atoms with Gasteiger partial charge < -0.3 is 21.0 Å². The molecule has 0 aliphatic heterocycles. The SMILES string of the molecule is N[C@H](Cc1cnc[nH]1)C(=O)NCCc1cc2ccccc2[nH]1. The number of nitrogens with two attached hydrogens (primary N) is 1. The molecule has 6 heteroatoms. The number of nitrogens with zero attached hydrogens (tertiary/aromatic N) is 1. The summed E-state index contributed by atoms with van der Waals surface area (Å²) < 4.78 is 0. The van der Waals surface area contributed by atoms with E-state index >= 15 is 0 Å². The van der Waals surface area contributed by atoms with E-state index in [1.807, 2.05) is 18.2 Å². The van der Waals surface area contributed by atoms with Crippen molar-refractivity contribution in [1.29, 1.82) is 0 Å². The van der Waals surface area contributed by atoms with Crippen molar-refractivity contribution in [1.82, 2.24) is 20.3 Å². The molecule has 0 radical (unpaired) electrons. The minimum atomic E-state index is -0.567. The quantitative estimate of drug-likeness (QED) is 0.548. The highest BCUT2D eigenvalue weighted by molar-refractivity contribution is 5.82.